The standard InChI is InChI=1S/C11H14BrN3O/c12-8-5-14-11(7-1-2-7)15-10(8)9-6-13-3-4-16-9/h5,7,9,13H,1-4,6H2. The van der Waals surface area contributed by atoms with Crippen LogP contribution in [0.5, 0.6) is 0 Å². The van der Waals surface area contributed by atoms with Crippen LogP contribution in [0.4, 0.5) is 0 Å². The number of ether oxygens (including phenoxy) is 1. The van der Waals surface area contributed by atoms with E-state index in [-0.39, 0.29) is 6.10 Å². The molecule has 16 heavy (non-hydrogen) atoms. The topological polar surface area (TPSA) is 47.0 Å². The monoisotopic (exact) mass is 283 g/mol. The van der Waals surface area contributed by atoms with Gasteiger partial charge in [-0.3, -0.25) is 0 Å². The summed E-state index contributed by atoms with van der Waals surface area (Å²) >= 11 is 3.50. The highest BCUT2D eigenvalue weighted by Crippen LogP contribution is 2.39. The Morgan fingerprint density at radius 2 is 2.31 bits per heavy atom. The summed E-state index contributed by atoms with van der Waals surface area (Å²) in [6, 6.07) is 0. The maximum atomic E-state index is 5.72. The van der Waals surface area contributed by atoms with Crippen molar-refractivity contribution in [1.29, 1.82) is 0 Å². The number of rotatable bonds is 2. The number of aromatic nitrogens is 2. The highest BCUT2D eigenvalue weighted by molar-refractivity contribution is 9.10. The van der Waals surface area contributed by atoms with E-state index in [0.717, 1.165) is 35.7 Å². The molecule has 1 saturated carbocycles. The fourth-order valence-electron chi connectivity index (χ4n) is 1.90. The van der Waals surface area contributed by atoms with Gasteiger partial charge < -0.3 is 10.1 Å². The molecular weight excluding hydrogens is 270 g/mol. The second-order valence-electron chi connectivity index (χ2n) is 4.30. The van der Waals surface area contributed by atoms with Gasteiger partial charge in [-0.2, -0.15) is 0 Å². The lowest BCUT2D eigenvalue weighted by Gasteiger charge is -2.24. The zero-order valence-electron chi connectivity index (χ0n) is 8.95. The molecule has 0 amide bonds. The van der Waals surface area contributed by atoms with Gasteiger partial charge in [0, 0.05) is 25.2 Å². The number of halogens is 1. The first kappa shape index (κ1) is 10.6. The molecule has 2 aliphatic rings. The van der Waals surface area contributed by atoms with Gasteiger partial charge in [0.15, 0.2) is 0 Å². The van der Waals surface area contributed by atoms with E-state index in [1.54, 1.807) is 0 Å². The van der Waals surface area contributed by atoms with E-state index in [4.69, 9.17) is 4.74 Å². The molecule has 3 rings (SSSR count). The minimum atomic E-state index is 0.0589. The van der Waals surface area contributed by atoms with Crippen molar-refractivity contribution in [3.63, 3.8) is 0 Å². The van der Waals surface area contributed by atoms with Crippen molar-refractivity contribution in [2.24, 2.45) is 0 Å². The van der Waals surface area contributed by atoms with Crippen molar-refractivity contribution < 1.29 is 4.74 Å². The first-order valence-electron chi connectivity index (χ1n) is 5.69. The number of morpholine rings is 1. The van der Waals surface area contributed by atoms with Crippen LogP contribution in [0.15, 0.2) is 10.7 Å². The Bertz CT molecular complexity index is 389. The third-order valence-electron chi connectivity index (χ3n) is 2.96. The van der Waals surface area contributed by atoms with Crippen LogP contribution in [0.3, 0.4) is 0 Å². The van der Waals surface area contributed by atoms with E-state index in [0.29, 0.717) is 5.92 Å². The summed E-state index contributed by atoms with van der Waals surface area (Å²) in [6.45, 7) is 2.51. The van der Waals surface area contributed by atoms with Crippen LogP contribution in [0.1, 0.15) is 36.4 Å². The summed E-state index contributed by atoms with van der Waals surface area (Å²) in [5.74, 6) is 1.57. The molecule has 1 N–H and O–H groups in total. The fourth-order valence-corrected chi connectivity index (χ4v) is 2.35. The van der Waals surface area contributed by atoms with Crippen molar-refractivity contribution in [2.75, 3.05) is 19.7 Å². The number of nitrogens with one attached hydrogen (secondary N) is 1. The second kappa shape index (κ2) is 4.39. The first-order valence-corrected chi connectivity index (χ1v) is 6.48. The van der Waals surface area contributed by atoms with Crippen LogP contribution in [-0.2, 0) is 4.74 Å². The Morgan fingerprint density at radius 1 is 1.44 bits per heavy atom. The van der Waals surface area contributed by atoms with E-state index >= 15 is 0 Å². The van der Waals surface area contributed by atoms with Gasteiger partial charge in [-0.15, -0.1) is 0 Å². The summed E-state index contributed by atoms with van der Waals surface area (Å²) in [7, 11) is 0. The van der Waals surface area contributed by atoms with Crippen LogP contribution in [-0.4, -0.2) is 29.7 Å². The summed E-state index contributed by atoms with van der Waals surface area (Å²) in [5.41, 5.74) is 0.990. The quantitative estimate of drug-likeness (QED) is 0.899. The smallest absolute Gasteiger partial charge is 0.131 e. The Balaban J connectivity index is 1.88. The first-order chi connectivity index (χ1) is 7.84. The van der Waals surface area contributed by atoms with Gasteiger partial charge in [-0.05, 0) is 28.8 Å². The van der Waals surface area contributed by atoms with Gasteiger partial charge in [0.25, 0.3) is 0 Å². The average Bonchev–Trinajstić information content (AvgIpc) is 3.15. The Morgan fingerprint density at radius 3 is 3.00 bits per heavy atom. The summed E-state index contributed by atoms with van der Waals surface area (Å²) in [4.78, 5) is 9.00. The highest BCUT2D eigenvalue weighted by atomic mass is 79.9. The molecule has 0 aromatic carbocycles. The molecule has 1 aromatic heterocycles. The molecule has 86 valence electrons. The van der Waals surface area contributed by atoms with E-state index in [9.17, 15) is 0 Å². The van der Waals surface area contributed by atoms with Gasteiger partial charge in [0.1, 0.15) is 11.9 Å². The van der Waals surface area contributed by atoms with Crippen molar-refractivity contribution in [3.05, 3.63) is 22.2 Å². The number of hydrogen-bond donors (Lipinski definition) is 1. The summed E-state index contributed by atoms with van der Waals surface area (Å²) in [5, 5.41) is 3.32. The number of hydrogen-bond acceptors (Lipinski definition) is 4. The van der Waals surface area contributed by atoms with Crippen LogP contribution in [0.2, 0.25) is 0 Å². The molecule has 1 saturated heterocycles. The Labute approximate surface area is 103 Å². The van der Waals surface area contributed by atoms with Crippen molar-refractivity contribution in [3.8, 4) is 0 Å². The molecule has 5 heteroatoms. The summed E-state index contributed by atoms with van der Waals surface area (Å²) in [6.07, 6.45) is 4.37. The molecule has 1 unspecified atom stereocenters. The minimum absolute atomic E-state index is 0.0589. The lowest BCUT2D eigenvalue weighted by molar-refractivity contribution is 0.0243. The molecule has 0 bridgehead atoms. The van der Waals surface area contributed by atoms with Crippen molar-refractivity contribution in [2.45, 2.75) is 24.9 Å². The maximum absolute atomic E-state index is 5.72. The van der Waals surface area contributed by atoms with Gasteiger partial charge in [-0.25, -0.2) is 9.97 Å². The molecule has 1 aromatic rings. The van der Waals surface area contributed by atoms with Crippen LogP contribution >= 0.6 is 15.9 Å². The fraction of sp³-hybridized carbons (Fsp3) is 0.636. The van der Waals surface area contributed by atoms with Crippen molar-refractivity contribution >= 4 is 15.9 Å². The van der Waals surface area contributed by atoms with Crippen LogP contribution in [0, 0.1) is 0 Å². The lowest BCUT2D eigenvalue weighted by Crippen LogP contribution is -2.34. The third-order valence-corrected chi connectivity index (χ3v) is 3.58. The molecule has 2 fully saturated rings. The average molecular weight is 284 g/mol. The summed E-state index contributed by atoms with van der Waals surface area (Å²) < 4.78 is 6.67. The molecule has 2 heterocycles. The maximum Gasteiger partial charge on any atom is 0.131 e. The van der Waals surface area contributed by atoms with Crippen LogP contribution in [0.25, 0.3) is 0 Å². The predicted octanol–water partition coefficient (Wildman–Crippen LogP) is 1.78. The lowest BCUT2D eigenvalue weighted by atomic mass is 10.2. The zero-order chi connectivity index (χ0) is 11.0. The largest absolute Gasteiger partial charge is 0.369 e. The van der Waals surface area contributed by atoms with Crippen LogP contribution < -0.4 is 5.32 Å². The molecule has 0 radical (unpaired) electrons. The highest BCUT2D eigenvalue weighted by Gasteiger charge is 2.28. The SMILES string of the molecule is Brc1cnc(C2CC2)nc1C1CNCCO1. The van der Waals surface area contributed by atoms with E-state index < -0.39 is 0 Å². The van der Waals surface area contributed by atoms with E-state index in [1.807, 2.05) is 6.20 Å². The molecule has 1 aliphatic heterocycles. The van der Waals surface area contributed by atoms with Gasteiger partial charge in [-0.1, -0.05) is 0 Å². The third kappa shape index (κ3) is 2.12. The number of nitrogens with zero attached hydrogens (tertiary/aromatic N) is 2. The van der Waals surface area contributed by atoms with Gasteiger partial charge in [0.2, 0.25) is 0 Å². The molecular formula is C11H14BrN3O. The minimum Gasteiger partial charge on any atom is -0.369 e. The zero-order valence-corrected chi connectivity index (χ0v) is 10.5. The molecule has 0 spiro atoms. The molecule has 1 aliphatic carbocycles. The normalized spacial score (nSPS) is 25.7. The van der Waals surface area contributed by atoms with E-state index in [1.165, 1.54) is 12.8 Å². The van der Waals surface area contributed by atoms with E-state index in [2.05, 4.69) is 31.2 Å². The molecule has 1 atom stereocenters. The molecule has 4 nitrogen and oxygen atoms in total. The predicted molar refractivity (Wildman–Crippen MR) is 63.3 cm³/mol. The van der Waals surface area contributed by atoms with Gasteiger partial charge in [0.05, 0.1) is 16.8 Å². The van der Waals surface area contributed by atoms with Crippen molar-refractivity contribution in [1.82, 2.24) is 15.3 Å². The van der Waals surface area contributed by atoms with Gasteiger partial charge >= 0.3 is 0 Å². The Kier molecular flexibility index (Phi) is 2.91. The second-order valence-corrected chi connectivity index (χ2v) is 5.15. The Hall–Kier alpha value is -0.520.